The van der Waals surface area contributed by atoms with Crippen LogP contribution in [0.3, 0.4) is 0 Å². The van der Waals surface area contributed by atoms with Crippen molar-refractivity contribution in [3.63, 3.8) is 0 Å². The van der Waals surface area contributed by atoms with Gasteiger partial charge in [-0.05, 0) is 25.7 Å². The summed E-state index contributed by atoms with van der Waals surface area (Å²) in [6.07, 6.45) is 5.96. The second kappa shape index (κ2) is 4.12. The van der Waals surface area contributed by atoms with Gasteiger partial charge in [-0.2, -0.15) is 0 Å². The Bertz CT molecular complexity index is 254. The normalized spacial score (nSPS) is 34.5. The zero-order valence-corrected chi connectivity index (χ0v) is 9.54. The van der Waals surface area contributed by atoms with E-state index in [1.165, 1.54) is 6.42 Å². The van der Waals surface area contributed by atoms with Gasteiger partial charge in [0.25, 0.3) is 0 Å². The molecule has 86 valence electrons. The lowest BCUT2D eigenvalue weighted by Gasteiger charge is -2.30. The van der Waals surface area contributed by atoms with E-state index in [4.69, 9.17) is 0 Å². The number of aliphatic hydroxyl groups excluding tert-OH is 1. The molecule has 1 aliphatic carbocycles. The maximum Gasteiger partial charge on any atom is 0.222 e. The van der Waals surface area contributed by atoms with Gasteiger partial charge in [0, 0.05) is 24.4 Å². The molecular weight excluding hydrogens is 190 g/mol. The number of carbonyl (C=O) groups excluding carboxylic acids is 1. The number of carbonyl (C=O) groups is 1. The van der Waals surface area contributed by atoms with Crippen molar-refractivity contribution in [3.05, 3.63) is 0 Å². The molecule has 1 saturated carbocycles. The molecule has 3 heteroatoms. The number of nitrogens with zero attached hydrogens (tertiary/aromatic N) is 1. The SMILES string of the molecule is CCCC(=O)N1CC[C@@]2(CO)CCC[C@@H]12. The van der Waals surface area contributed by atoms with Crippen LogP contribution in [0, 0.1) is 5.41 Å². The number of hydrogen-bond acceptors (Lipinski definition) is 2. The van der Waals surface area contributed by atoms with Gasteiger partial charge in [-0.1, -0.05) is 13.3 Å². The predicted octanol–water partition coefficient (Wildman–Crippen LogP) is 1.55. The van der Waals surface area contributed by atoms with Crippen LogP contribution in [0.25, 0.3) is 0 Å². The minimum atomic E-state index is 0.0589. The Kier molecular flexibility index (Phi) is 3.01. The average molecular weight is 211 g/mol. The predicted molar refractivity (Wildman–Crippen MR) is 58.4 cm³/mol. The van der Waals surface area contributed by atoms with Crippen LogP contribution in [0.4, 0.5) is 0 Å². The van der Waals surface area contributed by atoms with Gasteiger partial charge in [0.2, 0.25) is 5.91 Å². The first-order valence-electron chi connectivity index (χ1n) is 6.14. The zero-order valence-electron chi connectivity index (χ0n) is 9.54. The maximum absolute atomic E-state index is 11.9. The van der Waals surface area contributed by atoms with E-state index in [9.17, 15) is 9.90 Å². The summed E-state index contributed by atoms with van der Waals surface area (Å²) in [7, 11) is 0. The van der Waals surface area contributed by atoms with E-state index < -0.39 is 0 Å². The van der Waals surface area contributed by atoms with Crippen molar-refractivity contribution in [1.82, 2.24) is 4.90 Å². The number of aliphatic hydroxyl groups is 1. The third-order valence-electron chi connectivity index (χ3n) is 4.19. The molecule has 1 heterocycles. The smallest absolute Gasteiger partial charge is 0.222 e. The summed E-state index contributed by atoms with van der Waals surface area (Å²) in [5.74, 6) is 0.291. The van der Waals surface area contributed by atoms with Gasteiger partial charge in [-0.15, -0.1) is 0 Å². The first-order chi connectivity index (χ1) is 7.23. The fourth-order valence-corrected chi connectivity index (χ4v) is 3.32. The quantitative estimate of drug-likeness (QED) is 0.769. The van der Waals surface area contributed by atoms with Crippen LogP contribution in [-0.4, -0.2) is 35.1 Å². The first kappa shape index (κ1) is 10.9. The van der Waals surface area contributed by atoms with Gasteiger partial charge in [0.05, 0.1) is 6.61 Å². The summed E-state index contributed by atoms with van der Waals surface area (Å²) in [5.41, 5.74) is 0.0589. The Morgan fingerprint density at radius 1 is 1.53 bits per heavy atom. The molecule has 3 nitrogen and oxygen atoms in total. The number of fused-ring (bicyclic) bond motifs is 1. The molecule has 0 aromatic heterocycles. The first-order valence-corrected chi connectivity index (χ1v) is 6.14. The lowest BCUT2D eigenvalue weighted by Crippen LogP contribution is -2.40. The van der Waals surface area contributed by atoms with E-state index in [0.717, 1.165) is 32.2 Å². The van der Waals surface area contributed by atoms with Crippen LogP contribution in [0.15, 0.2) is 0 Å². The maximum atomic E-state index is 11.9. The summed E-state index contributed by atoms with van der Waals surface area (Å²) in [4.78, 5) is 13.9. The molecule has 15 heavy (non-hydrogen) atoms. The molecule has 0 aromatic carbocycles. The summed E-state index contributed by atoms with van der Waals surface area (Å²) >= 11 is 0. The van der Waals surface area contributed by atoms with Crippen molar-refractivity contribution in [2.45, 2.75) is 51.5 Å². The van der Waals surface area contributed by atoms with Gasteiger partial charge in [0.1, 0.15) is 0 Å². The van der Waals surface area contributed by atoms with Crippen LogP contribution in [0.1, 0.15) is 45.4 Å². The Balaban J connectivity index is 2.08. The molecule has 2 rings (SSSR count). The van der Waals surface area contributed by atoms with E-state index in [0.29, 0.717) is 18.4 Å². The van der Waals surface area contributed by atoms with Gasteiger partial charge in [0.15, 0.2) is 0 Å². The second-order valence-corrected chi connectivity index (χ2v) is 5.02. The average Bonchev–Trinajstić information content (AvgIpc) is 2.75. The van der Waals surface area contributed by atoms with Crippen LogP contribution in [-0.2, 0) is 4.79 Å². The third kappa shape index (κ3) is 1.67. The number of rotatable bonds is 3. The lowest BCUT2D eigenvalue weighted by atomic mass is 9.83. The molecule has 2 fully saturated rings. The van der Waals surface area contributed by atoms with Crippen molar-refractivity contribution in [1.29, 1.82) is 0 Å². The van der Waals surface area contributed by atoms with Crippen molar-refractivity contribution in [2.75, 3.05) is 13.2 Å². The van der Waals surface area contributed by atoms with Crippen molar-refractivity contribution in [3.8, 4) is 0 Å². The molecule has 1 saturated heterocycles. The highest BCUT2D eigenvalue weighted by atomic mass is 16.3. The summed E-state index contributed by atoms with van der Waals surface area (Å²) in [6.45, 7) is 3.17. The van der Waals surface area contributed by atoms with Gasteiger partial charge in [-0.3, -0.25) is 4.79 Å². The van der Waals surface area contributed by atoms with Crippen molar-refractivity contribution >= 4 is 5.91 Å². The number of hydrogen-bond donors (Lipinski definition) is 1. The van der Waals surface area contributed by atoms with E-state index in [2.05, 4.69) is 0 Å². The standard InChI is InChI=1S/C12H21NO2/c1-2-4-11(15)13-8-7-12(9-14)6-3-5-10(12)13/h10,14H,2-9H2,1H3/t10-,12-/m1/s1. The van der Waals surface area contributed by atoms with E-state index in [1.54, 1.807) is 0 Å². The Morgan fingerprint density at radius 2 is 2.33 bits per heavy atom. The minimum absolute atomic E-state index is 0.0589. The zero-order chi connectivity index (χ0) is 10.9. The molecular formula is C12H21NO2. The summed E-state index contributed by atoms with van der Waals surface area (Å²) in [6, 6.07) is 0.335. The van der Waals surface area contributed by atoms with Crippen molar-refractivity contribution < 1.29 is 9.90 Å². The second-order valence-electron chi connectivity index (χ2n) is 5.02. The van der Waals surface area contributed by atoms with E-state index in [-0.39, 0.29) is 12.0 Å². The van der Waals surface area contributed by atoms with Crippen LogP contribution >= 0.6 is 0 Å². The molecule has 1 aliphatic heterocycles. The Hall–Kier alpha value is -0.570. The summed E-state index contributed by atoms with van der Waals surface area (Å²) < 4.78 is 0. The topological polar surface area (TPSA) is 40.5 Å². The minimum Gasteiger partial charge on any atom is -0.396 e. The Morgan fingerprint density at radius 3 is 3.00 bits per heavy atom. The van der Waals surface area contributed by atoms with Crippen LogP contribution in [0.2, 0.25) is 0 Å². The molecule has 1 amide bonds. The largest absolute Gasteiger partial charge is 0.396 e. The van der Waals surface area contributed by atoms with Crippen molar-refractivity contribution in [2.24, 2.45) is 5.41 Å². The van der Waals surface area contributed by atoms with E-state index >= 15 is 0 Å². The third-order valence-corrected chi connectivity index (χ3v) is 4.19. The van der Waals surface area contributed by atoms with Gasteiger partial charge in [-0.25, -0.2) is 0 Å². The van der Waals surface area contributed by atoms with Crippen LogP contribution < -0.4 is 0 Å². The fraction of sp³-hybridized carbons (Fsp3) is 0.917. The molecule has 1 N–H and O–H groups in total. The molecule has 2 atom stereocenters. The lowest BCUT2D eigenvalue weighted by molar-refractivity contribution is -0.132. The van der Waals surface area contributed by atoms with Gasteiger partial charge < -0.3 is 10.0 Å². The highest BCUT2D eigenvalue weighted by Crippen LogP contribution is 2.48. The molecule has 0 unspecified atom stereocenters. The highest BCUT2D eigenvalue weighted by molar-refractivity contribution is 5.77. The monoisotopic (exact) mass is 211 g/mol. The highest BCUT2D eigenvalue weighted by Gasteiger charge is 2.50. The number of likely N-dealkylation sites (tertiary alicyclic amines) is 1. The summed E-state index contributed by atoms with van der Waals surface area (Å²) in [5, 5.41) is 9.52. The molecule has 0 spiro atoms. The van der Waals surface area contributed by atoms with E-state index in [1.807, 2.05) is 11.8 Å². The molecule has 0 aromatic rings. The fourth-order valence-electron chi connectivity index (χ4n) is 3.32. The molecule has 0 radical (unpaired) electrons. The van der Waals surface area contributed by atoms with Crippen LogP contribution in [0.5, 0.6) is 0 Å². The molecule has 0 bridgehead atoms. The Labute approximate surface area is 91.5 Å². The number of amides is 1. The van der Waals surface area contributed by atoms with Gasteiger partial charge >= 0.3 is 0 Å². The molecule has 2 aliphatic rings.